The topological polar surface area (TPSA) is 15.3 Å². The molecule has 5 heteroatoms. The van der Waals surface area contributed by atoms with Crippen molar-refractivity contribution in [3.8, 4) is 0 Å². The van der Waals surface area contributed by atoms with Gasteiger partial charge in [0.2, 0.25) is 0 Å². The summed E-state index contributed by atoms with van der Waals surface area (Å²) in [5.74, 6) is -0.184. The third-order valence-electron chi connectivity index (χ3n) is 4.05. The van der Waals surface area contributed by atoms with E-state index in [1.54, 1.807) is 12.1 Å². The molecule has 22 heavy (non-hydrogen) atoms. The maximum atomic E-state index is 13.3. The van der Waals surface area contributed by atoms with Gasteiger partial charge in [0.1, 0.15) is 5.82 Å². The van der Waals surface area contributed by atoms with Crippen LogP contribution in [0.1, 0.15) is 37.3 Å². The van der Waals surface area contributed by atoms with Crippen LogP contribution in [-0.4, -0.2) is 31.1 Å². The van der Waals surface area contributed by atoms with Gasteiger partial charge in [0.05, 0.1) is 0 Å². The van der Waals surface area contributed by atoms with Crippen molar-refractivity contribution in [1.29, 1.82) is 0 Å². The van der Waals surface area contributed by atoms with Crippen molar-refractivity contribution in [3.05, 3.63) is 46.7 Å². The van der Waals surface area contributed by atoms with Gasteiger partial charge in [0.25, 0.3) is 0 Å². The molecule has 1 aliphatic heterocycles. The molecular weight excluding hydrogens is 367 g/mol. The van der Waals surface area contributed by atoms with E-state index in [9.17, 15) is 4.39 Å². The van der Waals surface area contributed by atoms with Crippen LogP contribution in [0.15, 0.2) is 35.3 Å². The summed E-state index contributed by atoms with van der Waals surface area (Å²) in [6.45, 7) is 7.94. The largest absolute Gasteiger partial charge is 0.314 e. The minimum Gasteiger partial charge on any atom is -0.314 e. The monoisotopic (exact) mass is 390 g/mol. The zero-order valence-electron chi connectivity index (χ0n) is 12.9. The maximum absolute atomic E-state index is 13.3. The van der Waals surface area contributed by atoms with E-state index < -0.39 is 0 Å². The molecule has 0 radical (unpaired) electrons. The molecule has 1 aromatic carbocycles. The number of benzene rings is 1. The Kier molecular flexibility index (Phi) is 9.25. The Morgan fingerprint density at radius 1 is 1.32 bits per heavy atom. The van der Waals surface area contributed by atoms with Gasteiger partial charge in [-0.3, -0.25) is 4.90 Å². The number of piperazine rings is 1. The van der Waals surface area contributed by atoms with Crippen LogP contribution < -0.4 is 5.32 Å². The summed E-state index contributed by atoms with van der Waals surface area (Å²) in [6.07, 6.45) is 6.50. The normalized spacial score (nSPS) is 16.8. The second kappa shape index (κ2) is 10.4. The molecule has 1 heterocycles. The van der Waals surface area contributed by atoms with Gasteiger partial charge in [-0.15, -0.1) is 19.0 Å². The van der Waals surface area contributed by atoms with Crippen molar-refractivity contribution >= 4 is 28.3 Å². The molecular formula is C17H25BrClFN2. The second-order valence-corrected chi connectivity index (χ2v) is 6.40. The number of halogens is 3. The Hall–Kier alpha value is -0.420. The Balaban J connectivity index is 0.00000242. The third kappa shape index (κ3) is 5.65. The zero-order chi connectivity index (χ0) is 15.1. The van der Waals surface area contributed by atoms with Crippen molar-refractivity contribution in [2.75, 3.05) is 26.2 Å². The van der Waals surface area contributed by atoms with E-state index >= 15 is 0 Å². The summed E-state index contributed by atoms with van der Waals surface area (Å²) in [4.78, 5) is 2.52. The van der Waals surface area contributed by atoms with Crippen LogP contribution in [0.2, 0.25) is 0 Å². The first kappa shape index (κ1) is 19.6. The van der Waals surface area contributed by atoms with Crippen LogP contribution in [0, 0.1) is 5.82 Å². The standard InChI is InChI=1S/C17H24BrFN2.ClH/c1-2-3-4-5-6-17(21-11-9-20-10-12-21)15-8-7-14(19)13-16(15)18;/h2,7-8,13,17,20H,1,3-6,9-12H2;1H/t17-;/m0./s1. The molecule has 2 rings (SSSR count). The van der Waals surface area contributed by atoms with E-state index in [-0.39, 0.29) is 18.2 Å². The number of unbranched alkanes of at least 4 members (excludes halogenated alkanes) is 2. The predicted octanol–water partition coefficient (Wildman–Crippen LogP) is 4.70. The Morgan fingerprint density at radius 3 is 2.68 bits per heavy atom. The Bertz CT molecular complexity index is 464. The second-order valence-electron chi connectivity index (χ2n) is 5.54. The Labute approximate surface area is 147 Å². The molecule has 1 N–H and O–H groups in total. The van der Waals surface area contributed by atoms with Gasteiger partial charge in [-0.05, 0) is 37.0 Å². The van der Waals surface area contributed by atoms with E-state index in [0.717, 1.165) is 43.5 Å². The number of rotatable bonds is 7. The molecule has 1 atom stereocenters. The van der Waals surface area contributed by atoms with Crippen LogP contribution in [0.4, 0.5) is 4.39 Å². The van der Waals surface area contributed by atoms with Crippen LogP contribution >= 0.6 is 28.3 Å². The molecule has 1 aromatic rings. The number of hydrogen-bond donors (Lipinski definition) is 1. The minimum absolute atomic E-state index is 0. The van der Waals surface area contributed by atoms with Crippen LogP contribution in [-0.2, 0) is 0 Å². The smallest absolute Gasteiger partial charge is 0.124 e. The van der Waals surface area contributed by atoms with E-state index in [2.05, 4.69) is 32.7 Å². The maximum Gasteiger partial charge on any atom is 0.124 e. The summed E-state index contributed by atoms with van der Waals surface area (Å²) in [5, 5.41) is 3.39. The fourth-order valence-electron chi connectivity index (χ4n) is 2.93. The van der Waals surface area contributed by atoms with Gasteiger partial charge in [-0.1, -0.05) is 34.5 Å². The highest BCUT2D eigenvalue weighted by Crippen LogP contribution is 2.32. The summed E-state index contributed by atoms with van der Waals surface area (Å²) in [7, 11) is 0. The molecule has 2 nitrogen and oxygen atoms in total. The molecule has 1 fully saturated rings. The quantitative estimate of drug-likeness (QED) is 0.535. The van der Waals surface area contributed by atoms with Crippen LogP contribution in [0.5, 0.6) is 0 Å². The van der Waals surface area contributed by atoms with Crippen molar-refractivity contribution in [2.24, 2.45) is 0 Å². The van der Waals surface area contributed by atoms with Gasteiger partial charge < -0.3 is 5.32 Å². The van der Waals surface area contributed by atoms with E-state index in [4.69, 9.17) is 0 Å². The number of hydrogen-bond acceptors (Lipinski definition) is 2. The molecule has 0 aliphatic carbocycles. The summed E-state index contributed by atoms with van der Waals surface area (Å²) < 4.78 is 14.2. The average molecular weight is 392 g/mol. The average Bonchev–Trinajstić information content (AvgIpc) is 2.49. The summed E-state index contributed by atoms with van der Waals surface area (Å²) in [6, 6.07) is 5.44. The van der Waals surface area contributed by atoms with Gasteiger partial charge in [-0.2, -0.15) is 0 Å². The SMILES string of the molecule is C=CCCCC[C@@H](c1ccc(F)cc1Br)N1CCNCC1.Cl. The molecule has 0 aromatic heterocycles. The molecule has 0 amide bonds. The lowest BCUT2D eigenvalue weighted by Gasteiger charge is -2.36. The Morgan fingerprint density at radius 2 is 2.05 bits per heavy atom. The highest BCUT2D eigenvalue weighted by Gasteiger charge is 2.23. The molecule has 0 bridgehead atoms. The molecule has 1 aliphatic rings. The van der Waals surface area contributed by atoms with Gasteiger partial charge in [0, 0.05) is 36.7 Å². The minimum atomic E-state index is -0.184. The van der Waals surface area contributed by atoms with E-state index in [1.165, 1.54) is 18.4 Å². The van der Waals surface area contributed by atoms with Crippen molar-refractivity contribution in [3.63, 3.8) is 0 Å². The molecule has 0 saturated carbocycles. The van der Waals surface area contributed by atoms with Crippen LogP contribution in [0.25, 0.3) is 0 Å². The number of nitrogens with one attached hydrogen (secondary N) is 1. The number of nitrogens with zero attached hydrogens (tertiary/aromatic N) is 1. The van der Waals surface area contributed by atoms with Gasteiger partial charge >= 0.3 is 0 Å². The van der Waals surface area contributed by atoms with Gasteiger partial charge in [0.15, 0.2) is 0 Å². The molecule has 0 unspecified atom stereocenters. The first-order chi connectivity index (χ1) is 10.2. The van der Waals surface area contributed by atoms with Crippen molar-refractivity contribution in [2.45, 2.75) is 31.7 Å². The van der Waals surface area contributed by atoms with Crippen LogP contribution in [0.3, 0.4) is 0 Å². The summed E-state index contributed by atoms with van der Waals surface area (Å²) in [5.41, 5.74) is 1.21. The summed E-state index contributed by atoms with van der Waals surface area (Å²) >= 11 is 3.54. The van der Waals surface area contributed by atoms with Crippen molar-refractivity contribution < 1.29 is 4.39 Å². The van der Waals surface area contributed by atoms with Crippen molar-refractivity contribution in [1.82, 2.24) is 10.2 Å². The molecule has 1 saturated heterocycles. The lowest BCUT2D eigenvalue weighted by Crippen LogP contribution is -2.45. The van der Waals surface area contributed by atoms with E-state index in [0.29, 0.717) is 6.04 Å². The van der Waals surface area contributed by atoms with E-state index in [1.807, 2.05) is 12.1 Å². The molecule has 0 spiro atoms. The third-order valence-corrected chi connectivity index (χ3v) is 4.74. The fourth-order valence-corrected chi connectivity index (χ4v) is 3.54. The highest BCUT2D eigenvalue weighted by molar-refractivity contribution is 9.10. The molecule has 124 valence electrons. The lowest BCUT2D eigenvalue weighted by atomic mass is 9.98. The highest BCUT2D eigenvalue weighted by atomic mass is 79.9. The first-order valence-corrected chi connectivity index (χ1v) is 8.52. The predicted molar refractivity (Wildman–Crippen MR) is 97.2 cm³/mol. The first-order valence-electron chi connectivity index (χ1n) is 7.73. The zero-order valence-corrected chi connectivity index (χ0v) is 15.3. The fraction of sp³-hybridized carbons (Fsp3) is 0.529. The lowest BCUT2D eigenvalue weighted by molar-refractivity contribution is 0.162. The number of allylic oxidation sites excluding steroid dienone is 1. The van der Waals surface area contributed by atoms with Gasteiger partial charge in [-0.25, -0.2) is 4.39 Å².